The molecule has 2 heteroatoms. The highest BCUT2D eigenvalue weighted by atomic mass is 16.6. The molecule has 0 aliphatic heterocycles. The Kier molecular flexibility index (Phi) is 2.79. The van der Waals surface area contributed by atoms with E-state index in [9.17, 15) is 4.79 Å². The number of esters is 1. The smallest absolute Gasteiger partial charge is 0.330 e. The van der Waals surface area contributed by atoms with Crippen molar-refractivity contribution >= 4 is 5.97 Å². The van der Waals surface area contributed by atoms with Gasteiger partial charge in [0.25, 0.3) is 0 Å². The van der Waals surface area contributed by atoms with E-state index in [2.05, 4.69) is 6.92 Å². The van der Waals surface area contributed by atoms with Crippen LogP contribution in [0.25, 0.3) is 0 Å². The molecule has 0 radical (unpaired) electrons. The predicted molar refractivity (Wildman–Crippen MR) is 52.3 cm³/mol. The Morgan fingerprint density at radius 1 is 1.46 bits per heavy atom. The first kappa shape index (κ1) is 10.3. The molecule has 0 bridgehead atoms. The van der Waals surface area contributed by atoms with E-state index in [1.165, 1.54) is 6.42 Å². The summed E-state index contributed by atoms with van der Waals surface area (Å²) in [6.07, 6.45) is 4.72. The summed E-state index contributed by atoms with van der Waals surface area (Å²) >= 11 is 0. The Balaban J connectivity index is 2.29. The summed E-state index contributed by atoms with van der Waals surface area (Å²) in [4.78, 5) is 11.2. The molecule has 1 aliphatic carbocycles. The molecule has 2 nitrogen and oxygen atoms in total. The third-order valence-electron chi connectivity index (χ3n) is 2.06. The minimum atomic E-state index is -0.378. The molecule has 1 aliphatic rings. The van der Waals surface area contributed by atoms with Crippen molar-refractivity contribution in [2.45, 2.75) is 39.7 Å². The van der Waals surface area contributed by atoms with E-state index in [1.54, 1.807) is 6.08 Å². The second-order valence-electron chi connectivity index (χ2n) is 4.77. The fraction of sp³-hybridized carbons (Fsp3) is 0.727. The Labute approximate surface area is 80.0 Å². The zero-order valence-electron chi connectivity index (χ0n) is 8.83. The van der Waals surface area contributed by atoms with Crippen molar-refractivity contribution in [1.82, 2.24) is 0 Å². The summed E-state index contributed by atoms with van der Waals surface area (Å²) in [5.74, 6) is 1.12. The molecule has 0 N–H and O–H groups in total. The molecule has 0 saturated heterocycles. The molecule has 0 aromatic rings. The van der Waals surface area contributed by atoms with Gasteiger partial charge in [-0.1, -0.05) is 13.0 Å². The van der Waals surface area contributed by atoms with E-state index < -0.39 is 0 Å². The average molecular weight is 182 g/mol. The largest absolute Gasteiger partial charge is 0.457 e. The summed E-state index contributed by atoms with van der Waals surface area (Å²) < 4.78 is 5.13. The van der Waals surface area contributed by atoms with Crippen molar-refractivity contribution in [2.75, 3.05) is 0 Å². The van der Waals surface area contributed by atoms with E-state index in [-0.39, 0.29) is 11.6 Å². The number of ether oxygens (including phenoxy) is 1. The van der Waals surface area contributed by atoms with Gasteiger partial charge >= 0.3 is 5.97 Å². The van der Waals surface area contributed by atoms with Crippen LogP contribution in [-0.4, -0.2) is 11.6 Å². The van der Waals surface area contributed by atoms with Crippen LogP contribution in [0.1, 0.15) is 34.1 Å². The fourth-order valence-corrected chi connectivity index (χ4v) is 1.16. The standard InChI is InChI=1S/C11H18O2/c1-8-7-9(8)5-6-10(12)13-11(2,3)4/h5-6,8-9H,7H2,1-4H3/t8-,9-/m0/s1. The van der Waals surface area contributed by atoms with Gasteiger partial charge in [0.15, 0.2) is 0 Å². The molecule has 0 unspecified atom stereocenters. The van der Waals surface area contributed by atoms with Gasteiger partial charge in [0, 0.05) is 6.08 Å². The molecule has 0 aromatic heterocycles. The van der Waals surface area contributed by atoms with Gasteiger partial charge in [0.1, 0.15) is 5.60 Å². The van der Waals surface area contributed by atoms with Crippen LogP contribution in [-0.2, 0) is 9.53 Å². The molecule has 1 saturated carbocycles. The van der Waals surface area contributed by atoms with E-state index in [4.69, 9.17) is 4.74 Å². The van der Waals surface area contributed by atoms with Crippen LogP contribution in [0.3, 0.4) is 0 Å². The van der Waals surface area contributed by atoms with Crippen molar-refractivity contribution in [3.63, 3.8) is 0 Å². The maximum Gasteiger partial charge on any atom is 0.330 e. The molecule has 13 heavy (non-hydrogen) atoms. The Bertz CT molecular complexity index is 223. The van der Waals surface area contributed by atoms with Gasteiger partial charge in [-0.25, -0.2) is 4.79 Å². The zero-order valence-corrected chi connectivity index (χ0v) is 8.83. The van der Waals surface area contributed by atoms with Crippen LogP contribution in [0.2, 0.25) is 0 Å². The van der Waals surface area contributed by atoms with Crippen molar-refractivity contribution in [2.24, 2.45) is 11.8 Å². The Hall–Kier alpha value is -0.790. The van der Waals surface area contributed by atoms with Crippen LogP contribution in [0, 0.1) is 11.8 Å². The number of allylic oxidation sites excluding steroid dienone is 1. The maximum absolute atomic E-state index is 11.2. The minimum Gasteiger partial charge on any atom is -0.457 e. The Morgan fingerprint density at radius 3 is 2.38 bits per heavy atom. The van der Waals surface area contributed by atoms with Gasteiger partial charge in [-0.2, -0.15) is 0 Å². The second kappa shape index (κ2) is 3.52. The first-order chi connectivity index (χ1) is 5.88. The number of carbonyl (C=O) groups excluding carboxylic acids is 1. The van der Waals surface area contributed by atoms with Crippen molar-refractivity contribution in [3.05, 3.63) is 12.2 Å². The summed E-state index contributed by atoms with van der Waals surface area (Å²) in [5, 5.41) is 0. The van der Waals surface area contributed by atoms with Gasteiger partial charge in [-0.05, 0) is 39.0 Å². The minimum absolute atomic E-state index is 0.230. The molecular formula is C11H18O2. The number of hydrogen-bond acceptors (Lipinski definition) is 2. The first-order valence-electron chi connectivity index (χ1n) is 4.79. The molecule has 1 fully saturated rings. The fourth-order valence-electron chi connectivity index (χ4n) is 1.16. The number of hydrogen-bond donors (Lipinski definition) is 0. The maximum atomic E-state index is 11.2. The zero-order chi connectivity index (χ0) is 10.1. The van der Waals surface area contributed by atoms with E-state index in [0.717, 1.165) is 5.92 Å². The summed E-state index contributed by atoms with van der Waals surface area (Å²) in [6, 6.07) is 0. The Morgan fingerprint density at radius 2 is 2.00 bits per heavy atom. The number of carbonyl (C=O) groups is 1. The molecule has 0 aromatic carbocycles. The molecule has 1 rings (SSSR count). The highest BCUT2D eigenvalue weighted by Crippen LogP contribution is 2.38. The predicted octanol–water partition coefficient (Wildman–Crippen LogP) is 2.54. The lowest BCUT2D eigenvalue weighted by atomic mass is 10.2. The quantitative estimate of drug-likeness (QED) is 0.484. The second-order valence-corrected chi connectivity index (χ2v) is 4.77. The van der Waals surface area contributed by atoms with Crippen LogP contribution in [0.4, 0.5) is 0 Å². The van der Waals surface area contributed by atoms with Crippen LogP contribution in [0.5, 0.6) is 0 Å². The summed E-state index contributed by atoms with van der Waals surface area (Å²) in [5.41, 5.74) is -0.378. The SMILES string of the molecule is C[C@H]1C[C@@H]1C=CC(=O)OC(C)(C)C. The van der Waals surface area contributed by atoms with Gasteiger partial charge < -0.3 is 4.74 Å². The lowest BCUT2D eigenvalue weighted by Crippen LogP contribution is -2.22. The monoisotopic (exact) mass is 182 g/mol. The third kappa shape index (κ3) is 4.11. The van der Waals surface area contributed by atoms with Crippen molar-refractivity contribution in [3.8, 4) is 0 Å². The normalized spacial score (nSPS) is 27.7. The molecule has 0 amide bonds. The van der Waals surface area contributed by atoms with Crippen LogP contribution in [0.15, 0.2) is 12.2 Å². The van der Waals surface area contributed by atoms with Crippen molar-refractivity contribution in [1.29, 1.82) is 0 Å². The topological polar surface area (TPSA) is 26.3 Å². The summed E-state index contributed by atoms with van der Waals surface area (Å²) in [6.45, 7) is 7.81. The molecule has 74 valence electrons. The first-order valence-corrected chi connectivity index (χ1v) is 4.79. The molecular weight excluding hydrogens is 164 g/mol. The van der Waals surface area contributed by atoms with Gasteiger partial charge in [0.05, 0.1) is 0 Å². The molecule has 0 heterocycles. The lowest BCUT2D eigenvalue weighted by Gasteiger charge is -2.17. The van der Waals surface area contributed by atoms with Gasteiger partial charge in [-0.15, -0.1) is 0 Å². The van der Waals surface area contributed by atoms with E-state index in [0.29, 0.717) is 5.92 Å². The van der Waals surface area contributed by atoms with Crippen molar-refractivity contribution < 1.29 is 9.53 Å². The third-order valence-corrected chi connectivity index (χ3v) is 2.06. The average Bonchev–Trinajstić information content (AvgIpc) is 2.58. The van der Waals surface area contributed by atoms with E-state index in [1.807, 2.05) is 26.8 Å². The summed E-state index contributed by atoms with van der Waals surface area (Å²) in [7, 11) is 0. The van der Waals surface area contributed by atoms with Gasteiger partial charge in [0.2, 0.25) is 0 Å². The number of rotatable bonds is 2. The van der Waals surface area contributed by atoms with Gasteiger partial charge in [-0.3, -0.25) is 0 Å². The van der Waals surface area contributed by atoms with Crippen LogP contribution >= 0.6 is 0 Å². The van der Waals surface area contributed by atoms with E-state index >= 15 is 0 Å². The molecule has 2 atom stereocenters. The molecule has 0 spiro atoms. The lowest BCUT2D eigenvalue weighted by molar-refractivity contribution is -0.148. The highest BCUT2D eigenvalue weighted by Gasteiger charge is 2.29. The highest BCUT2D eigenvalue weighted by molar-refractivity contribution is 5.82. The van der Waals surface area contributed by atoms with Crippen LogP contribution < -0.4 is 0 Å².